The first-order valence-corrected chi connectivity index (χ1v) is 3.92. The molecule has 0 aliphatic rings. The third kappa shape index (κ3) is 5.73. The summed E-state index contributed by atoms with van der Waals surface area (Å²) >= 11 is 3.24. The van der Waals surface area contributed by atoms with Crippen LogP contribution >= 0.6 is 15.9 Å². The first-order chi connectivity index (χ1) is 5.20. The Morgan fingerprint density at radius 1 is 1.36 bits per heavy atom. The Bertz CT molecular complexity index is 191. The van der Waals surface area contributed by atoms with Gasteiger partial charge in [0.25, 0.3) is 0 Å². The highest BCUT2D eigenvalue weighted by Gasteiger charge is 2.00. The summed E-state index contributed by atoms with van der Waals surface area (Å²) in [5, 5.41) is 0. The van der Waals surface area contributed by atoms with Crippen molar-refractivity contribution in [3.63, 3.8) is 0 Å². The highest BCUT2D eigenvalue weighted by molar-refractivity contribution is 9.11. The summed E-state index contributed by atoms with van der Waals surface area (Å²) in [6.45, 7) is 5.53. The van der Waals surface area contributed by atoms with Crippen LogP contribution in [0.3, 0.4) is 0 Å². The van der Waals surface area contributed by atoms with Gasteiger partial charge in [0.15, 0.2) is 0 Å². The molecule has 0 aromatic rings. The molecule has 0 amide bonds. The highest BCUT2D eigenvalue weighted by atomic mass is 79.9. The van der Waals surface area contributed by atoms with Crippen LogP contribution in [0.1, 0.15) is 0 Å². The van der Waals surface area contributed by atoms with Crippen molar-refractivity contribution in [3.8, 4) is 24.7 Å². The summed E-state index contributed by atoms with van der Waals surface area (Å²) in [6, 6.07) is 0. The SMILES string of the molecule is C#CCN(CC#C)CC(=C)Br. The lowest BCUT2D eigenvalue weighted by atomic mass is 10.4. The molecule has 0 spiro atoms. The van der Waals surface area contributed by atoms with Crippen LogP contribution in [0.5, 0.6) is 0 Å². The molecule has 0 aliphatic heterocycles. The van der Waals surface area contributed by atoms with Crippen LogP contribution in [-0.4, -0.2) is 24.5 Å². The van der Waals surface area contributed by atoms with Crippen LogP contribution in [-0.2, 0) is 0 Å². The average Bonchev–Trinajstić information content (AvgIpc) is 1.87. The van der Waals surface area contributed by atoms with Gasteiger partial charge in [0, 0.05) is 11.0 Å². The third-order valence-corrected chi connectivity index (χ3v) is 1.28. The van der Waals surface area contributed by atoms with Gasteiger partial charge >= 0.3 is 0 Å². The van der Waals surface area contributed by atoms with Crippen molar-refractivity contribution in [3.05, 3.63) is 11.1 Å². The Kier molecular flexibility index (Phi) is 5.65. The Labute approximate surface area is 76.6 Å². The summed E-state index contributed by atoms with van der Waals surface area (Å²) in [5.74, 6) is 5.05. The van der Waals surface area contributed by atoms with Gasteiger partial charge in [-0.15, -0.1) is 12.8 Å². The second kappa shape index (κ2) is 6.04. The van der Waals surface area contributed by atoms with Gasteiger partial charge in [-0.3, -0.25) is 4.90 Å². The molecule has 0 aliphatic carbocycles. The van der Waals surface area contributed by atoms with E-state index < -0.39 is 0 Å². The lowest BCUT2D eigenvalue weighted by Gasteiger charge is -2.14. The fourth-order valence-corrected chi connectivity index (χ4v) is 1.02. The van der Waals surface area contributed by atoms with Crippen LogP contribution in [0, 0.1) is 24.7 Å². The van der Waals surface area contributed by atoms with E-state index in [-0.39, 0.29) is 0 Å². The second-order valence-electron chi connectivity index (χ2n) is 2.07. The Balaban J connectivity index is 3.82. The predicted molar refractivity (Wildman–Crippen MR) is 52.2 cm³/mol. The zero-order valence-electron chi connectivity index (χ0n) is 6.31. The normalized spacial score (nSPS) is 8.73. The summed E-state index contributed by atoms with van der Waals surface area (Å²) in [7, 11) is 0. The van der Waals surface area contributed by atoms with E-state index in [4.69, 9.17) is 12.8 Å². The van der Waals surface area contributed by atoms with Gasteiger partial charge in [0.2, 0.25) is 0 Å². The van der Waals surface area contributed by atoms with Crippen molar-refractivity contribution in [2.24, 2.45) is 0 Å². The van der Waals surface area contributed by atoms with Crippen molar-refractivity contribution < 1.29 is 0 Å². The van der Waals surface area contributed by atoms with E-state index in [9.17, 15) is 0 Å². The molecule has 0 unspecified atom stereocenters. The Morgan fingerprint density at radius 2 is 1.82 bits per heavy atom. The number of hydrogen-bond acceptors (Lipinski definition) is 1. The van der Waals surface area contributed by atoms with E-state index in [0.29, 0.717) is 19.6 Å². The Hall–Kier alpha value is -0.700. The quantitative estimate of drug-likeness (QED) is 0.637. The van der Waals surface area contributed by atoms with Gasteiger partial charge in [-0.2, -0.15) is 0 Å². The largest absolute Gasteiger partial charge is 0.276 e. The molecule has 0 fully saturated rings. The second-order valence-corrected chi connectivity index (χ2v) is 3.19. The highest BCUT2D eigenvalue weighted by Crippen LogP contribution is 2.02. The maximum atomic E-state index is 5.13. The van der Waals surface area contributed by atoms with Crippen LogP contribution < -0.4 is 0 Å². The summed E-state index contributed by atoms with van der Waals surface area (Å²) in [5.41, 5.74) is 0. The van der Waals surface area contributed by atoms with Gasteiger partial charge in [0.1, 0.15) is 0 Å². The summed E-state index contributed by atoms with van der Waals surface area (Å²) < 4.78 is 0.892. The standard InChI is InChI=1S/C9H10BrN/c1-4-6-11(7-5-2)8-9(3)10/h1-2H,3,6-8H2. The maximum absolute atomic E-state index is 5.13. The maximum Gasteiger partial charge on any atom is 0.0611 e. The van der Waals surface area contributed by atoms with Gasteiger partial charge in [-0.05, 0) is 0 Å². The van der Waals surface area contributed by atoms with Crippen LogP contribution in [0.25, 0.3) is 0 Å². The lowest BCUT2D eigenvalue weighted by molar-refractivity contribution is 0.383. The van der Waals surface area contributed by atoms with E-state index in [1.807, 2.05) is 4.90 Å². The third-order valence-electron chi connectivity index (χ3n) is 1.02. The van der Waals surface area contributed by atoms with E-state index in [1.54, 1.807) is 0 Å². The topological polar surface area (TPSA) is 3.24 Å². The molecule has 0 bridgehead atoms. The molecule has 2 heteroatoms. The first kappa shape index (κ1) is 10.3. The summed E-state index contributed by atoms with van der Waals surface area (Å²) in [6.07, 6.45) is 10.3. The van der Waals surface area contributed by atoms with Crippen molar-refractivity contribution in [2.45, 2.75) is 0 Å². The molecule has 0 heterocycles. The smallest absolute Gasteiger partial charge is 0.0611 e. The molecular weight excluding hydrogens is 202 g/mol. The average molecular weight is 212 g/mol. The zero-order chi connectivity index (χ0) is 8.69. The molecule has 0 N–H and O–H groups in total. The molecule has 0 aromatic carbocycles. The van der Waals surface area contributed by atoms with Gasteiger partial charge in [-0.1, -0.05) is 34.3 Å². The molecule has 58 valence electrons. The molecule has 0 aromatic heterocycles. The van der Waals surface area contributed by atoms with Gasteiger partial charge < -0.3 is 0 Å². The molecule has 0 rings (SSSR count). The molecular formula is C9H10BrN. The molecule has 0 radical (unpaired) electrons. The molecule has 1 nitrogen and oxygen atoms in total. The minimum atomic E-state index is 0.564. The number of hydrogen-bond donors (Lipinski definition) is 0. The number of rotatable bonds is 4. The van der Waals surface area contributed by atoms with Crippen molar-refractivity contribution in [2.75, 3.05) is 19.6 Å². The number of terminal acetylenes is 2. The lowest BCUT2D eigenvalue weighted by Crippen LogP contribution is -2.25. The molecule has 11 heavy (non-hydrogen) atoms. The Morgan fingerprint density at radius 3 is 2.09 bits per heavy atom. The van der Waals surface area contributed by atoms with Crippen LogP contribution in [0.2, 0.25) is 0 Å². The first-order valence-electron chi connectivity index (χ1n) is 3.13. The fraction of sp³-hybridized carbons (Fsp3) is 0.333. The van der Waals surface area contributed by atoms with E-state index in [2.05, 4.69) is 34.3 Å². The number of nitrogens with zero attached hydrogens (tertiary/aromatic N) is 1. The monoisotopic (exact) mass is 211 g/mol. The van der Waals surface area contributed by atoms with Crippen LogP contribution in [0.4, 0.5) is 0 Å². The van der Waals surface area contributed by atoms with Crippen LogP contribution in [0.15, 0.2) is 11.1 Å². The van der Waals surface area contributed by atoms with E-state index >= 15 is 0 Å². The summed E-state index contributed by atoms with van der Waals surface area (Å²) in [4.78, 5) is 1.94. The fourth-order valence-electron chi connectivity index (χ4n) is 0.669. The molecule has 0 atom stereocenters. The van der Waals surface area contributed by atoms with Crippen molar-refractivity contribution >= 4 is 15.9 Å². The molecule has 0 saturated heterocycles. The van der Waals surface area contributed by atoms with E-state index in [0.717, 1.165) is 4.48 Å². The van der Waals surface area contributed by atoms with Gasteiger partial charge in [-0.25, -0.2) is 0 Å². The van der Waals surface area contributed by atoms with Crippen molar-refractivity contribution in [1.82, 2.24) is 4.90 Å². The van der Waals surface area contributed by atoms with Gasteiger partial charge in [0.05, 0.1) is 13.1 Å². The minimum absolute atomic E-state index is 0.564. The minimum Gasteiger partial charge on any atom is -0.276 e. The number of halogens is 1. The zero-order valence-corrected chi connectivity index (χ0v) is 7.89. The van der Waals surface area contributed by atoms with Crippen molar-refractivity contribution in [1.29, 1.82) is 0 Å². The molecule has 0 saturated carbocycles. The van der Waals surface area contributed by atoms with E-state index in [1.165, 1.54) is 0 Å². The predicted octanol–water partition coefficient (Wildman–Crippen LogP) is 1.46.